The molecule has 1 unspecified atom stereocenters. The quantitative estimate of drug-likeness (QED) is 0.844. The van der Waals surface area contributed by atoms with Crippen molar-refractivity contribution in [1.29, 1.82) is 0 Å². The van der Waals surface area contributed by atoms with E-state index in [1.807, 2.05) is 12.1 Å². The number of aryl methyl sites for hydroxylation is 1. The van der Waals surface area contributed by atoms with Crippen LogP contribution >= 0.6 is 0 Å². The van der Waals surface area contributed by atoms with Crippen LogP contribution in [0.15, 0.2) is 24.3 Å². The summed E-state index contributed by atoms with van der Waals surface area (Å²) in [6.07, 6.45) is 0. The van der Waals surface area contributed by atoms with E-state index < -0.39 is 0 Å². The maximum atomic E-state index is 5.87. The third-order valence-electron chi connectivity index (χ3n) is 2.90. The molecule has 0 aromatic heterocycles. The van der Waals surface area contributed by atoms with E-state index in [4.69, 9.17) is 4.74 Å². The van der Waals surface area contributed by atoms with E-state index in [-0.39, 0.29) is 5.41 Å². The molecule has 1 aromatic carbocycles. The molecule has 0 aliphatic heterocycles. The van der Waals surface area contributed by atoms with E-state index in [9.17, 15) is 0 Å². The van der Waals surface area contributed by atoms with Gasteiger partial charge in [0.2, 0.25) is 0 Å². The molecule has 96 valence electrons. The van der Waals surface area contributed by atoms with E-state index >= 15 is 0 Å². The van der Waals surface area contributed by atoms with Gasteiger partial charge in [-0.15, -0.1) is 0 Å². The van der Waals surface area contributed by atoms with Gasteiger partial charge in [-0.05, 0) is 36.6 Å². The normalized spacial score (nSPS) is 13.5. The van der Waals surface area contributed by atoms with Crippen LogP contribution in [0.1, 0.15) is 33.3 Å². The van der Waals surface area contributed by atoms with Crippen molar-refractivity contribution < 1.29 is 4.74 Å². The molecule has 0 spiro atoms. The fraction of sp³-hybridized carbons (Fsp3) is 0.600. The van der Waals surface area contributed by atoms with E-state index in [0.717, 1.165) is 12.3 Å². The van der Waals surface area contributed by atoms with E-state index in [1.165, 1.54) is 5.56 Å². The highest BCUT2D eigenvalue weighted by Gasteiger charge is 2.24. The van der Waals surface area contributed by atoms with Gasteiger partial charge in [0.05, 0.1) is 0 Å². The molecule has 0 bridgehead atoms. The zero-order valence-electron chi connectivity index (χ0n) is 11.7. The van der Waals surface area contributed by atoms with E-state index in [2.05, 4.69) is 52.1 Å². The van der Waals surface area contributed by atoms with Crippen LogP contribution in [0.25, 0.3) is 0 Å². The molecule has 1 rings (SSSR count). The lowest BCUT2D eigenvalue weighted by molar-refractivity contribution is 0.176. The minimum atomic E-state index is 0.208. The first-order valence-corrected chi connectivity index (χ1v) is 6.36. The summed E-state index contributed by atoms with van der Waals surface area (Å²) < 4.78 is 5.87. The van der Waals surface area contributed by atoms with Crippen molar-refractivity contribution in [2.75, 3.05) is 13.2 Å². The van der Waals surface area contributed by atoms with Gasteiger partial charge in [0.25, 0.3) is 0 Å². The molecule has 17 heavy (non-hydrogen) atoms. The number of rotatable bonds is 5. The molecular weight excluding hydrogens is 210 g/mol. The molecule has 1 N–H and O–H groups in total. The number of likely N-dealkylation sites (N-methyl/N-ethyl adjacent to an activating group) is 1. The van der Waals surface area contributed by atoms with Crippen LogP contribution in [0.4, 0.5) is 0 Å². The van der Waals surface area contributed by atoms with Crippen molar-refractivity contribution in [2.45, 2.75) is 40.7 Å². The molecule has 0 aliphatic carbocycles. The van der Waals surface area contributed by atoms with Gasteiger partial charge < -0.3 is 10.1 Å². The van der Waals surface area contributed by atoms with Crippen LogP contribution in [0, 0.1) is 12.3 Å². The molecule has 1 aromatic rings. The fourth-order valence-corrected chi connectivity index (χ4v) is 1.75. The molecule has 0 saturated heterocycles. The molecule has 0 aliphatic rings. The SMILES string of the molecule is CCNC(COc1cccc(C)c1)C(C)(C)C. The van der Waals surface area contributed by atoms with Gasteiger partial charge in [-0.1, -0.05) is 39.8 Å². The van der Waals surface area contributed by atoms with Gasteiger partial charge in [-0.25, -0.2) is 0 Å². The Bertz CT molecular complexity index is 341. The number of benzene rings is 1. The second kappa shape index (κ2) is 6.06. The topological polar surface area (TPSA) is 21.3 Å². The highest BCUT2D eigenvalue weighted by atomic mass is 16.5. The summed E-state index contributed by atoms with van der Waals surface area (Å²) in [7, 11) is 0. The Morgan fingerprint density at radius 2 is 2.00 bits per heavy atom. The number of ether oxygens (including phenoxy) is 1. The van der Waals surface area contributed by atoms with E-state index in [0.29, 0.717) is 12.6 Å². The minimum absolute atomic E-state index is 0.208. The lowest BCUT2D eigenvalue weighted by Crippen LogP contribution is -2.44. The first-order chi connectivity index (χ1) is 7.93. The molecule has 0 radical (unpaired) electrons. The van der Waals surface area contributed by atoms with Crippen LogP contribution in [-0.2, 0) is 0 Å². The summed E-state index contributed by atoms with van der Waals surface area (Å²) in [4.78, 5) is 0. The Hall–Kier alpha value is -1.02. The largest absolute Gasteiger partial charge is 0.492 e. The van der Waals surface area contributed by atoms with Gasteiger partial charge in [0.1, 0.15) is 12.4 Å². The first-order valence-electron chi connectivity index (χ1n) is 6.36. The summed E-state index contributed by atoms with van der Waals surface area (Å²) in [5.41, 5.74) is 1.44. The van der Waals surface area contributed by atoms with Crippen molar-refractivity contribution >= 4 is 0 Å². The zero-order chi connectivity index (χ0) is 12.9. The van der Waals surface area contributed by atoms with Crippen LogP contribution in [0.3, 0.4) is 0 Å². The average Bonchev–Trinajstić information content (AvgIpc) is 2.22. The van der Waals surface area contributed by atoms with Gasteiger partial charge in [-0.3, -0.25) is 0 Å². The predicted molar refractivity (Wildman–Crippen MR) is 73.6 cm³/mol. The number of hydrogen-bond donors (Lipinski definition) is 1. The highest BCUT2D eigenvalue weighted by Crippen LogP contribution is 2.21. The van der Waals surface area contributed by atoms with Crippen LogP contribution in [0.5, 0.6) is 5.75 Å². The minimum Gasteiger partial charge on any atom is -0.492 e. The van der Waals surface area contributed by atoms with Gasteiger partial charge >= 0.3 is 0 Å². The van der Waals surface area contributed by atoms with E-state index in [1.54, 1.807) is 0 Å². The molecule has 2 nitrogen and oxygen atoms in total. The Labute approximate surface area is 105 Å². The maximum Gasteiger partial charge on any atom is 0.119 e. The summed E-state index contributed by atoms with van der Waals surface area (Å²) in [6, 6.07) is 8.57. The average molecular weight is 235 g/mol. The van der Waals surface area contributed by atoms with Crippen molar-refractivity contribution in [3.05, 3.63) is 29.8 Å². The summed E-state index contributed by atoms with van der Waals surface area (Å²) >= 11 is 0. The third-order valence-corrected chi connectivity index (χ3v) is 2.90. The Morgan fingerprint density at radius 1 is 1.29 bits per heavy atom. The van der Waals surface area contributed by atoms with Gasteiger partial charge in [0, 0.05) is 6.04 Å². The summed E-state index contributed by atoms with van der Waals surface area (Å²) in [5.74, 6) is 0.956. The molecular formula is C15H25NO. The van der Waals surface area contributed by atoms with Crippen molar-refractivity contribution in [3.63, 3.8) is 0 Å². The molecule has 0 fully saturated rings. The number of nitrogens with one attached hydrogen (secondary N) is 1. The predicted octanol–water partition coefficient (Wildman–Crippen LogP) is 3.40. The second-order valence-electron chi connectivity index (χ2n) is 5.60. The smallest absolute Gasteiger partial charge is 0.119 e. The Kier molecular flexibility index (Phi) is 5.01. The lowest BCUT2D eigenvalue weighted by Gasteiger charge is -2.31. The van der Waals surface area contributed by atoms with Crippen LogP contribution in [0.2, 0.25) is 0 Å². The first kappa shape index (κ1) is 14.0. The molecule has 0 amide bonds. The second-order valence-corrected chi connectivity index (χ2v) is 5.60. The lowest BCUT2D eigenvalue weighted by atomic mass is 9.87. The molecule has 1 atom stereocenters. The van der Waals surface area contributed by atoms with Crippen molar-refractivity contribution in [3.8, 4) is 5.75 Å². The van der Waals surface area contributed by atoms with Crippen LogP contribution in [-0.4, -0.2) is 19.2 Å². The van der Waals surface area contributed by atoms with Crippen LogP contribution < -0.4 is 10.1 Å². The third kappa shape index (κ3) is 4.78. The van der Waals surface area contributed by atoms with Crippen molar-refractivity contribution in [2.24, 2.45) is 5.41 Å². The molecule has 0 heterocycles. The van der Waals surface area contributed by atoms with Gasteiger partial charge in [0.15, 0.2) is 0 Å². The molecule has 2 heteroatoms. The number of hydrogen-bond acceptors (Lipinski definition) is 2. The van der Waals surface area contributed by atoms with Crippen molar-refractivity contribution in [1.82, 2.24) is 5.32 Å². The van der Waals surface area contributed by atoms with Gasteiger partial charge in [-0.2, -0.15) is 0 Å². The fourth-order valence-electron chi connectivity index (χ4n) is 1.75. The highest BCUT2D eigenvalue weighted by molar-refractivity contribution is 5.27. The summed E-state index contributed by atoms with van der Waals surface area (Å²) in [6.45, 7) is 12.6. The monoisotopic (exact) mass is 235 g/mol. The maximum absolute atomic E-state index is 5.87. The summed E-state index contributed by atoms with van der Waals surface area (Å²) in [5, 5.41) is 3.48. The zero-order valence-corrected chi connectivity index (χ0v) is 11.7. The standard InChI is InChI=1S/C15H25NO/c1-6-16-14(15(3,4)5)11-17-13-9-7-8-12(2)10-13/h7-10,14,16H,6,11H2,1-5H3. The Balaban J connectivity index is 2.58. The Morgan fingerprint density at radius 3 is 2.53 bits per heavy atom. The molecule has 0 saturated carbocycles.